The second-order valence-corrected chi connectivity index (χ2v) is 4.77. The molecule has 18 heavy (non-hydrogen) atoms. The van der Waals surface area contributed by atoms with Crippen molar-refractivity contribution in [3.05, 3.63) is 59.6 Å². The van der Waals surface area contributed by atoms with Crippen molar-refractivity contribution in [1.29, 1.82) is 0 Å². The van der Waals surface area contributed by atoms with Gasteiger partial charge < -0.3 is 0 Å². The standard InChI is InChI=1S/C17H17N/c1-2-13-11-14-7-3-4-8-15(14)16(12-13)17-9-5-6-10-18-17/h5-6,9-12H,2-4,8H2,1H3. The van der Waals surface area contributed by atoms with Crippen molar-refractivity contribution >= 4 is 0 Å². The molecule has 2 radical (unpaired) electrons. The molecule has 3 rings (SSSR count). The molecule has 1 aliphatic carbocycles. The van der Waals surface area contributed by atoms with Gasteiger partial charge in [0, 0.05) is 18.2 Å². The van der Waals surface area contributed by atoms with Gasteiger partial charge in [-0.2, -0.15) is 0 Å². The van der Waals surface area contributed by atoms with Crippen LogP contribution >= 0.6 is 0 Å². The fourth-order valence-corrected chi connectivity index (χ4v) is 2.60. The quantitative estimate of drug-likeness (QED) is 0.764. The maximum absolute atomic E-state index is 4.50. The van der Waals surface area contributed by atoms with Gasteiger partial charge in [0.25, 0.3) is 0 Å². The van der Waals surface area contributed by atoms with Gasteiger partial charge in [-0.25, -0.2) is 0 Å². The summed E-state index contributed by atoms with van der Waals surface area (Å²) in [4.78, 5) is 4.50. The molecule has 2 aromatic rings. The summed E-state index contributed by atoms with van der Waals surface area (Å²) >= 11 is 0. The third kappa shape index (κ3) is 2.05. The van der Waals surface area contributed by atoms with Gasteiger partial charge >= 0.3 is 0 Å². The predicted molar refractivity (Wildman–Crippen MR) is 74.3 cm³/mol. The number of hydrogen-bond donors (Lipinski definition) is 0. The Kier molecular flexibility index (Phi) is 3.14. The third-order valence-electron chi connectivity index (χ3n) is 3.58. The van der Waals surface area contributed by atoms with Crippen LogP contribution in [0.4, 0.5) is 0 Å². The van der Waals surface area contributed by atoms with Crippen LogP contribution in [0, 0.1) is 6.42 Å². The molecule has 0 spiro atoms. The largest absolute Gasteiger partial charge is 0.256 e. The van der Waals surface area contributed by atoms with E-state index >= 15 is 0 Å². The van der Waals surface area contributed by atoms with E-state index < -0.39 is 0 Å². The summed E-state index contributed by atoms with van der Waals surface area (Å²) < 4.78 is 0. The SMILES string of the molecule is CCc1cc2c(c(-c3ccccn3)c1)CCC[C]2. The Morgan fingerprint density at radius 2 is 2.22 bits per heavy atom. The van der Waals surface area contributed by atoms with Gasteiger partial charge in [-0.15, -0.1) is 0 Å². The summed E-state index contributed by atoms with van der Waals surface area (Å²) in [6.07, 6.45) is 9.90. The Bertz CT molecular complexity index is 543. The molecular weight excluding hydrogens is 218 g/mol. The molecule has 0 atom stereocenters. The van der Waals surface area contributed by atoms with E-state index in [4.69, 9.17) is 0 Å². The molecule has 0 bridgehead atoms. The Labute approximate surface area is 109 Å². The first-order chi connectivity index (χ1) is 8.88. The van der Waals surface area contributed by atoms with E-state index in [9.17, 15) is 0 Å². The summed E-state index contributed by atoms with van der Waals surface area (Å²) in [5, 5.41) is 0. The van der Waals surface area contributed by atoms with Crippen LogP contribution in [-0.2, 0) is 12.8 Å². The van der Waals surface area contributed by atoms with Crippen molar-refractivity contribution in [2.75, 3.05) is 0 Å². The van der Waals surface area contributed by atoms with E-state index in [2.05, 4.69) is 42.6 Å². The Hall–Kier alpha value is -1.63. The molecule has 0 N–H and O–H groups in total. The van der Waals surface area contributed by atoms with E-state index in [1.165, 1.54) is 28.7 Å². The van der Waals surface area contributed by atoms with Crippen LogP contribution < -0.4 is 0 Å². The summed E-state index contributed by atoms with van der Waals surface area (Å²) in [7, 11) is 0. The van der Waals surface area contributed by atoms with Crippen molar-refractivity contribution in [3.63, 3.8) is 0 Å². The lowest BCUT2D eigenvalue weighted by molar-refractivity contribution is 0.774. The highest BCUT2D eigenvalue weighted by Gasteiger charge is 2.16. The van der Waals surface area contributed by atoms with Crippen LogP contribution in [0.2, 0.25) is 0 Å². The smallest absolute Gasteiger partial charge is 0.0704 e. The van der Waals surface area contributed by atoms with Crippen molar-refractivity contribution in [2.45, 2.75) is 32.6 Å². The molecule has 1 aromatic carbocycles. The van der Waals surface area contributed by atoms with Gasteiger partial charge in [-0.05, 0) is 60.6 Å². The highest BCUT2D eigenvalue weighted by Crippen LogP contribution is 2.32. The fourth-order valence-electron chi connectivity index (χ4n) is 2.60. The zero-order valence-corrected chi connectivity index (χ0v) is 10.7. The minimum atomic E-state index is 1.06. The summed E-state index contributed by atoms with van der Waals surface area (Å²) in [6, 6.07) is 10.7. The predicted octanol–water partition coefficient (Wildman–Crippen LogP) is 4.08. The maximum Gasteiger partial charge on any atom is 0.0704 e. The van der Waals surface area contributed by atoms with Gasteiger partial charge in [0.15, 0.2) is 0 Å². The number of aromatic nitrogens is 1. The van der Waals surface area contributed by atoms with Crippen LogP contribution in [0.25, 0.3) is 11.3 Å². The molecule has 1 aliphatic rings. The van der Waals surface area contributed by atoms with Crippen LogP contribution in [0.5, 0.6) is 0 Å². The van der Waals surface area contributed by atoms with Crippen molar-refractivity contribution in [3.8, 4) is 11.3 Å². The minimum Gasteiger partial charge on any atom is -0.256 e. The molecule has 0 unspecified atom stereocenters. The van der Waals surface area contributed by atoms with E-state index in [1.807, 2.05) is 12.3 Å². The third-order valence-corrected chi connectivity index (χ3v) is 3.58. The lowest BCUT2D eigenvalue weighted by Gasteiger charge is -2.20. The number of nitrogens with zero attached hydrogens (tertiary/aromatic N) is 1. The van der Waals surface area contributed by atoms with Gasteiger partial charge in [0.05, 0.1) is 5.69 Å². The van der Waals surface area contributed by atoms with E-state index in [-0.39, 0.29) is 0 Å². The molecule has 1 nitrogen and oxygen atoms in total. The molecule has 0 aliphatic heterocycles. The molecule has 1 aromatic heterocycles. The number of aryl methyl sites for hydroxylation is 1. The minimum absolute atomic E-state index is 1.06. The second kappa shape index (κ2) is 4.93. The van der Waals surface area contributed by atoms with E-state index in [1.54, 1.807) is 0 Å². The van der Waals surface area contributed by atoms with Gasteiger partial charge in [0.1, 0.15) is 0 Å². The zero-order valence-electron chi connectivity index (χ0n) is 10.7. The van der Waals surface area contributed by atoms with Crippen molar-refractivity contribution in [2.24, 2.45) is 0 Å². The number of rotatable bonds is 2. The summed E-state index contributed by atoms with van der Waals surface area (Å²) in [6.45, 7) is 2.20. The molecular formula is C17H17N. The number of fused-ring (bicyclic) bond motifs is 1. The van der Waals surface area contributed by atoms with Crippen LogP contribution in [0.3, 0.4) is 0 Å². The topological polar surface area (TPSA) is 12.9 Å². The lowest BCUT2D eigenvalue weighted by Crippen LogP contribution is -2.05. The van der Waals surface area contributed by atoms with Crippen LogP contribution in [0.15, 0.2) is 36.5 Å². The first-order valence-corrected chi connectivity index (χ1v) is 6.69. The van der Waals surface area contributed by atoms with Crippen molar-refractivity contribution in [1.82, 2.24) is 4.98 Å². The number of pyridine rings is 1. The summed E-state index contributed by atoms with van der Waals surface area (Å²) in [5.41, 5.74) is 6.51. The van der Waals surface area contributed by atoms with E-state index in [0.717, 1.165) is 25.0 Å². The summed E-state index contributed by atoms with van der Waals surface area (Å²) in [5.74, 6) is 0. The monoisotopic (exact) mass is 235 g/mol. The van der Waals surface area contributed by atoms with Crippen LogP contribution in [-0.4, -0.2) is 4.98 Å². The van der Waals surface area contributed by atoms with Gasteiger partial charge in [-0.1, -0.05) is 19.1 Å². The Balaban J connectivity index is 2.18. The average molecular weight is 235 g/mol. The highest BCUT2D eigenvalue weighted by atomic mass is 14.7. The highest BCUT2D eigenvalue weighted by molar-refractivity contribution is 5.68. The molecule has 0 fully saturated rings. The number of hydrogen-bond acceptors (Lipinski definition) is 1. The average Bonchev–Trinajstić information content (AvgIpc) is 2.47. The number of benzene rings is 1. The lowest BCUT2D eigenvalue weighted by atomic mass is 9.85. The molecule has 0 saturated carbocycles. The molecule has 90 valence electrons. The van der Waals surface area contributed by atoms with Crippen LogP contribution in [0.1, 0.15) is 36.5 Å². The van der Waals surface area contributed by atoms with Gasteiger partial charge in [-0.3, -0.25) is 4.98 Å². The van der Waals surface area contributed by atoms with E-state index in [0.29, 0.717) is 0 Å². The van der Waals surface area contributed by atoms with Crippen molar-refractivity contribution < 1.29 is 0 Å². The Morgan fingerprint density at radius 1 is 1.28 bits per heavy atom. The fraction of sp³-hybridized carbons (Fsp3) is 0.294. The normalized spacial score (nSPS) is 14.3. The molecule has 1 heterocycles. The second-order valence-electron chi connectivity index (χ2n) is 4.77. The Morgan fingerprint density at radius 3 is 3.00 bits per heavy atom. The zero-order chi connectivity index (χ0) is 12.4. The molecule has 0 amide bonds. The van der Waals surface area contributed by atoms with Gasteiger partial charge in [0.2, 0.25) is 0 Å². The maximum atomic E-state index is 4.50. The first-order valence-electron chi connectivity index (χ1n) is 6.69. The first kappa shape index (κ1) is 11.5. The molecule has 1 heteroatoms. The molecule has 0 saturated heterocycles.